The molecule has 3 heteroatoms. The first-order valence-electron chi connectivity index (χ1n) is 6.07. The zero-order valence-corrected chi connectivity index (χ0v) is 11.2. The fourth-order valence-corrected chi connectivity index (χ4v) is 1.69. The Bertz CT molecular complexity index is 309. The summed E-state index contributed by atoms with van der Waals surface area (Å²) in [5.74, 6) is 1.73. The number of nitrogens with zero attached hydrogens (tertiary/aromatic N) is 2. The third-order valence-corrected chi connectivity index (χ3v) is 2.58. The molecule has 0 amide bonds. The molecule has 1 unspecified atom stereocenters. The largest absolute Gasteiger partial charge is 0.335 e. The third kappa shape index (κ3) is 4.79. The molecule has 1 aromatic heterocycles. The van der Waals surface area contributed by atoms with Gasteiger partial charge in [-0.3, -0.25) is 0 Å². The van der Waals surface area contributed by atoms with Crippen LogP contribution in [0.1, 0.15) is 33.5 Å². The normalized spacial score (nSPS) is 14.1. The quantitative estimate of drug-likeness (QED) is 0.831. The SMILES string of the molecule is Cc1nccn1CC(C)CNCC(C)(C)C. The number of rotatable bonds is 5. The zero-order chi connectivity index (χ0) is 12.2. The van der Waals surface area contributed by atoms with Crippen molar-refractivity contribution in [1.82, 2.24) is 14.9 Å². The molecule has 1 aromatic rings. The van der Waals surface area contributed by atoms with Gasteiger partial charge >= 0.3 is 0 Å². The Hall–Kier alpha value is -0.830. The van der Waals surface area contributed by atoms with Crippen LogP contribution < -0.4 is 5.32 Å². The van der Waals surface area contributed by atoms with E-state index < -0.39 is 0 Å². The molecule has 0 aromatic carbocycles. The second-order valence-electron chi connectivity index (χ2n) is 5.92. The molecular formula is C13H25N3. The first-order chi connectivity index (χ1) is 7.38. The van der Waals surface area contributed by atoms with E-state index in [2.05, 4.69) is 55.7 Å². The van der Waals surface area contributed by atoms with Crippen LogP contribution in [0.15, 0.2) is 12.4 Å². The lowest BCUT2D eigenvalue weighted by molar-refractivity contribution is 0.351. The minimum Gasteiger partial charge on any atom is -0.335 e. The van der Waals surface area contributed by atoms with Crippen LogP contribution >= 0.6 is 0 Å². The minimum atomic E-state index is 0.366. The molecule has 0 fully saturated rings. The maximum atomic E-state index is 4.23. The van der Waals surface area contributed by atoms with Crippen molar-refractivity contribution in [3.05, 3.63) is 18.2 Å². The van der Waals surface area contributed by atoms with E-state index in [0.29, 0.717) is 11.3 Å². The van der Waals surface area contributed by atoms with Crippen molar-refractivity contribution in [2.75, 3.05) is 13.1 Å². The molecule has 0 saturated heterocycles. The lowest BCUT2D eigenvalue weighted by Crippen LogP contribution is -2.31. The van der Waals surface area contributed by atoms with Crippen LogP contribution in [0.5, 0.6) is 0 Å². The van der Waals surface area contributed by atoms with Crippen LogP contribution in [0.3, 0.4) is 0 Å². The number of aromatic nitrogens is 2. The van der Waals surface area contributed by atoms with Gasteiger partial charge in [-0.05, 0) is 24.8 Å². The van der Waals surface area contributed by atoms with Gasteiger partial charge in [-0.15, -0.1) is 0 Å². The summed E-state index contributed by atoms with van der Waals surface area (Å²) in [6.07, 6.45) is 3.92. The molecule has 0 saturated carbocycles. The van der Waals surface area contributed by atoms with Crippen molar-refractivity contribution >= 4 is 0 Å². The first-order valence-corrected chi connectivity index (χ1v) is 6.07. The summed E-state index contributed by atoms with van der Waals surface area (Å²) in [6, 6.07) is 0. The van der Waals surface area contributed by atoms with Gasteiger partial charge in [-0.25, -0.2) is 4.98 Å². The molecule has 0 aliphatic carbocycles. The predicted octanol–water partition coefficient (Wildman–Crippen LogP) is 2.46. The number of nitrogens with one attached hydrogen (secondary N) is 1. The standard InChI is InChI=1S/C13H25N3/c1-11(8-14-10-13(3,4)5)9-16-7-6-15-12(16)2/h6-7,11,14H,8-10H2,1-5H3. The van der Waals surface area contributed by atoms with E-state index in [-0.39, 0.29) is 0 Å². The summed E-state index contributed by atoms with van der Waals surface area (Å²) < 4.78 is 2.21. The Kier molecular flexibility index (Phi) is 4.54. The van der Waals surface area contributed by atoms with Crippen molar-refractivity contribution in [3.63, 3.8) is 0 Å². The fourth-order valence-electron chi connectivity index (χ4n) is 1.69. The molecule has 0 spiro atoms. The highest BCUT2D eigenvalue weighted by Gasteiger charge is 2.10. The Morgan fingerprint density at radius 3 is 2.62 bits per heavy atom. The maximum Gasteiger partial charge on any atom is 0.105 e. The Labute approximate surface area is 99.3 Å². The van der Waals surface area contributed by atoms with E-state index in [1.807, 2.05) is 6.20 Å². The van der Waals surface area contributed by atoms with E-state index >= 15 is 0 Å². The Morgan fingerprint density at radius 2 is 2.12 bits per heavy atom. The smallest absolute Gasteiger partial charge is 0.105 e. The van der Waals surface area contributed by atoms with Gasteiger partial charge in [0.1, 0.15) is 5.82 Å². The Balaban J connectivity index is 2.26. The summed E-state index contributed by atoms with van der Waals surface area (Å²) in [5.41, 5.74) is 0.366. The summed E-state index contributed by atoms with van der Waals surface area (Å²) in [5, 5.41) is 3.52. The number of hydrogen-bond donors (Lipinski definition) is 1. The summed E-state index contributed by atoms with van der Waals surface area (Å²) >= 11 is 0. The number of hydrogen-bond acceptors (Lipinski definition) is 2. The van der Waals surface area contributed by atoms with Gasteiger partial charge in [-0.1, -0.05) is 27.7 Å². The molecule has 0 bridgehead atoms. The van der Waals surface area contributed by atoms with Crippen molar-refractivity contribution in [2.24, 2.45) is 11.3 Å². The molecule has 0 aliphatic heterocycles. The first kappa shape index (κ1) is 13.2. The molecule has 1 heterocycles. The molecule has 1 atom stereocenters. The molecule has 3 nitrogen and oxygen atoms in total. The predicted molar refractivity (Wildman–Crippen MR) is 68.5 cm³/mol. The van der Waals surface area contributed by atoms with Crippen LogP contribution in [-0.4, -0.2) is 22.6 Å². The highest BCUT2D eigenvalue weighted by Crippen LogP contribution is 2.10. The monoisotopic (exact) mass is 223 g/mol. The highest BCUT2D eigenvalue weighted by molar-refractivity contribution is 4.88. The summed E-state index contributed by atoms with van der Waals surface area (Å²) in [6.45, 7) is 14.3. The second-order valence-corrected chi connectivity index (χ2v) is 5.92. The molecule has 0 aliphatic rings. The molecule has 0 radical (unpaired) electrons. The van der Waals surface area contributed by atoms with Gasteiger partial charge in [0.25, 0.3) is 0 Å². The van der Waals surface area contributed by atoms with Crippen LogP contribution in [0, 0.1) is 18.3 Å². The zero-order valence-electron chi connectivity index (χ0n) is 11.2. The molecule has 16 heavy (non-hydrogen) atoms. The van der Waals surface area contributed by atoms with Crippen molar-refractivity contribution in [3.8, 4) is 0 Å². The minimum absolute atomic E-state index is 0.366. The van der Waals surface area contributed by atoms with E-state index in [0.717, 1.165) is 25.5 Å². The van der Waals surface area contributed by atoms with Gasteiger partial charge in [0.05, 0.1) is 0 Å². The topological polar surface area (TPSA) is 29.9 Å². The molecular weight excluding hydrogens is 198 g/mol. The van der Waals surface area contributed by atoms with Crippen LogP contribution in [-0.2, 0) is 6.54 Å². The van der Waals surface area contributed by atoms with Gasteiger partial charge in [-0.2, -0.15) is 0 Å². The van der Waals surface area contributed by atoms with Gasteiger partial charge < -0.3 is 9.88 Å². The van der Waals surface area contributed by atoms with Crippen molar-refractivity contribution in [1.29, 1.82) is 0 Å². The maximum absolute atomic E-state index is 4.23. The van der Waals surface area contributed by atoms with Crippen molar-refractivity contribution in [2.45, 2.75) is 41.2 Å². The lowest BCUT2D eigenvalue weighted by Gasteiger charge is -2.21. The van der Waals surface area contributed by atoms with E-state index in [1.165, 1.54) is 0 Å². The molecule has 1 N–H and O–H groups in total. The Morgan fingerprint density at radius 1 is 1.44 bits per heavy atom. The summed E-state index contributed by atoms with van der Waals surface area (Å²) in [4.78, 5) is 4.23. The van der Waals surface area contributed by atoms with E-state index in [4.69, 9.17) is 0 Å². The average Bonchev–Trinajstić information content (AvgIpc) is 2.49. The van der Waals surface area contributed by atoms with E-state index in [9.17, 15) is 0 Å². The van der Waals surface area contributed by atoms with Crippen LogP contribution in [0.25, 0.3) is 0 Å². The highest BCUT2D eigenvalue weighted by atomic mass is 15.1. The van der Waals surface area contributed by atoms with Gasteiger partial charge in [0.2, 0.25) is 0 Å². The summed E-state index contributed by atoms with van der Waals surface area (Å²) in [7, 11) is 0. The average molecular weight is 223 g/mol. The number of imidazole rings is 1. The number of aryl methyl sites for hydroxylation is 1. The van der Waals surface area contributed by atoms with Crippen molar-refractivity contribution < 1.29 is 0 Å². The lowest BCUT2D eigenvalue weighted by atomic mass is 9.97. The van der Waals surface area contributed by atoms with E-state index in [1.54, 1.807) is 0 Å². The van der Waals surface area contributed by atoms with Gasteiger partial charge in [0, 0.05) is 25.5 Å². The van der Waals surface area contributed by atoms with Crippen LogP contribution in [0.2, 0.25) is 0 Å². The van der Waals surface area contributed by atoms with Gasteiger partial charge in [0.15, 0.2) is 0 Å². The fraction of sp³-hybridized carbons (Fsp3) is 0.769. The molecule has 1 rings (SSSR count). The second kappa shape index (κ2) is 5.48. The molecule has 92 valence electrons. The van der Waals surface area contributed by atoms with Crippen LogP contribution in [0.4, 0.5) is 0 Å². The third-order valence-electron chi connectivity index (χ3n) is 2.58.